The van der Waals surface area contributed by atoms with Crippen molar-refractivity contribution in [1.82, 2.24) is 0 Å². The lowest BCUT2D eigenvalue weighted by molar-refractivity contribution is -0.139. The van der Waals surface area contributed by atoms with Gasteiger partial charge in [0.1, 0.15) is 5.75 Å². The quantitative estimate of drug-likeness (QED) is 0.351. The van der Waals surface area contributed by atoms with Gasteiger partial charge in [0.2, 0.25) is 0 Å². The molecule has 3 rings (SSSR count). The maximum atomic E-state index is 12.7. The maximum absolute atomic E-state index is 12.7. The van der Waals surface area contributed by atoms with Crippen molar-refractivity contribution in [3.63, 3.8) is 0 Å². The number of Topliss-reactive ketones (excluding diaryl/α,β-unsaturated/α-hetero) is 1. The third kappa shape index (κ3) is 6.18. The molecule has 0 radical (unpaired) electrons. The van der Waals surface area contributed by atoms with Crippen molar-refractivity contribution in [2.24, 2.45) is 0 Å². The zero-order valence-corrected chi connectivity index (χ0v) is 18.3. The van der Waals surface area contributed by atoms with Crippen LogP contribution in [0.3, 0.4) is 0 Å². The van der Waals surface area contributed by atoms with Crippen LogP contribution >= 0.6 is 27.3 Å². The Morgan fingerprint density at radius 1 is 1.03 bits per heavy atom. The molecule has 3 aromatic rings. The van der Waals surface area contributed by atoms with Crippen molar-refractivity contribution in [1.29, 1.82) is 0 Å². The summed E-state index contributed by atoms with van der Waals surface area (Å²) in [5.41, 5.74) is 0.787. The number of rotatable bonds is 8. The molecule has 0 bridgehead atoms. The molecule has 1 heterocycles. The average Bonchev–Trinajstić information content (AvgIpc) is 3.21. The zero-order valence-electron chi connectivity index (χ0n) is 15.9. The van der Waals surface area contributed by atoms with Crippen molar-refractivity contribution >= 4 is 39.0 Å². The Morgan fingerprint density at radius 2 is 1.74 bits per heavy atom. The molecule has 9 heteroatoms. The van der Waals surface area contributed by atoms with E-state index in [1.165, 1.54) is 23.5 Å². The Kier molecular flexibility index (Phi) is 7.17. The summed E-state index contributed by atoms with van der Waals surface area (Å²) < 4.78 is 43.8. The minimum atomic E-state index is -4.38. The number of halogens is 4. The highest BCUT2D eigenvalue weighted by atomic mass is 79.9. The van der Waals surface area contributed by atoms with Crippen LogP contribution in [-0.2, 0) is 17.4 Å². The molecule has 1 N–H and O–H groups in total. The van der Waals surface area contributed by atoms with Crippen LogP contribution in [0.4, 0.5) is 13.2 Å². The summed E-state index contributed by atoms with van der Waals surface area (Å²) in [6.07, 6.45) is -3.65. The van der Waals surface area contributed by atoms with E-state index in [-0.39, 0.29) is 12.2 Å². The molecule has 31 heavy (non-hydrogen) atoms. The van der Waals surface area contributed by atoms with Gasteiger partial charge in [-0.1, -0.05) is 18.2 Å². The van der Waals surface area contributed by atoms with Gasteiger partial charge in [-0.2, -0.15) is 13.2 Å². The summed E-state index contributed by atoms with van der Waals surface area (Å²) in [6, 6.07) is 13.4. The highest BCUT2D eigenvalue weighted by Crippen LogP contribution is 2.33. The molecule has 0 saturated carbocycles. The molecule has 0 aliphatic rings. The summed E-state index contributed by atoms with van der Waals surface area (Å²) in [7, 11) is 0. The third-order valence-electron chi connectivity index (χ3n) is 4.37. The van der Waals surface area contributed by atoms with Gasteiger partial charge in [0.25, 0.3) is 0 Å². The van der Waals surface area contributed by atoms with E-state index < -0.39 is 24.3 Å². The molecule has 0 fully saturated rings. The van der Waals surface area contributed by atoms with Gasteiger partial charge in [-0.05, 0) is 69.9 Å². The van der Waals surface area contributed by atoms with Crippen LogP contribution in [0.2, 0.25) is 0 Å². The van der Waals surface area contributed by atoms with Gasteiger partial charge >= 0.3 is 12.1 Å². The number of alkyl halides is 3. The highest BCUT2D eigenvalue weighted by molar-refractivity contribution is 9.10. The average molecular weight is 513 g/mol. The number of aryl methyl sites for hydroxylation is 1. The molecule has 4 nitrogen and oxygen atoms in total. The number of aliphatic carboxylic acids is 1. The van der Waals surface area contributed by atoms with Crippen LogP contribution in [0.25, 0.3) is 10.4 Å². The topological polar surface area (TPSA) is 63.6 Å². The molecule has 0 aliphatic carbocycles. The molecule has 1 aromatic heterocycles. The first-order chi connectivity index (χ1) is 14.6. The van der Waals surface area contributed by atoms with E-state index in [4.69, 9.17) is 9.84 Å². The van der Waals surface area contributed by atoms with Crippen molar-refractivity contribution in [2.45, 2.75) is 19.0 Å². The van der Waals surface area contributed by atoms with Crippen molar-refractivity contribution in [3.05, 3.63) is 75.1 Å². The number of benzene rings is 2. The first kappa shape index (κ1) is 23.0. The smallest absolute Gasteiger partial charge is 0.416 e. The van der Waals surface area contributed by atoms with Gasteiger partial charge in [0.15, 0.2) is 12.4 Å². The highest BCUT2D eigenvalue weighted by Gasteiger charge is 2.30. The molecular weight excluding hydrogens is 497 g/mol. The fourth-order valence-corrected chi connectivity index (χ4v) is 4.32. The van der Waals surface area contributed by atoms with E-state index in [9.17, 15) is 22.8 Å². The molecule has 0 amide bonds. The Morgan fingerprint density at radius 3 is 2.35 bits per heavy atom. The number of carboxylic acid groups (broad SMARTS) is 1. The number of carbonyl (C=O) groups is 2. The summed E-state index contributed by atoms with van der Waals surface area (Å²) in [6.45, 7) is -0.448. The molecule has 0 saturated heterocycles. The number of hydrogen-bond donors (Lipinski definition) is 1. The van der Waals surface area contributed by atoms with Crippen LogP contribution in [0.15, 0.2) is 59.1 Å². The van der Waals surface area contributed by atoms with Gasteiger partial charge in [-0.15, -0.1) is 11.3 Å². The SMILES string of the molecule is O=C(O)COc1ccc(CCC(=O)c2ccc(-c3ccc(C(F)(F)F)cc3)s2)cc1Br. The van der Waals surface area contributed by atoms with E-state index in [2.05, 4.69) is 15.9 Å². The number of thiophene rings is 1. The minimum Gasteiger partial charge on any atom is -0.481 e. The maximum Gasteiger partial charge on any atom is 0.416 e. The van der Waals surface area contributed by atoms with Crippen molar-refractivity contribution in [2.75, 3.05) is 6.61 Å². The van der Waals surface area contributed by atoms with Crippen LogP contribution in [0.5, 0.6) is 5.75 Å². The van der Waals surface area contributed by atoms with E-state index in [0.717, 1.165) is 22.6 Å². The normalized spacial score (nSPS) is 11.4. The van der Waals surface area contributed by atoms with Crippen molar-refractivity contribution < 1.29 is 32.6 Å². The van der Waals surface area contributed by atoms with Gasteiger partial charge in [0.05, 0.1) is 14.9 Å². The zero-order chi connectivity index (χ0) is 22.6. The summed E-state index contributed by atoms with van der Waals surface area (Å²) in [4.78, 5) is 24.4. The third-order valence-corrected chi connectivity index (χ3v) is 6.16. The number of carbonyl (C=O) groups excluding carboxylic acids is 1. The molecule has 0 aliphatic heterocycles. The number of ketones is 1. The Bertz CT molecular complexity index is 1090. The van der Waals surface area contributed by atoms with Crippen LogP contribution < -0.4 is 4.74 Å². The Hall–Kier alpha value is -2.65. The number of carboxylic acids is 1. The molecule has 162 valence electrons. The summed E-state index contributed by atoms with van der Waals surface area (Å²) in [5.74, 6) is -0.740. The lowest BCUT2D eigenvalue weighted by Crippen LogP contribution is -2.09. The number of ether oxygens (including phenoxy) is 1. The van der Waals surface area contributed by atoms with Gasteiger partial charge in [0, 0.05) is 11.3 Å². The molecule has 0 atom stereocenters. The molecule has 0 unspecified atom stereocenters. The molecule has 2 aromatic carbocycles. The fourth-order valence-electron chi connectivity index (χ4n) is 2.80. The van der Waals surface area contributed by atoms with E-state index >= 15 is 0 Å². The Balaban J connectivity index is 1.61. The van der Waals surface area contributed by atoms with Crippen LogP contribution in [0.1, 0.15) is 27.2 Å². The first-order valence-corrected chi connectivity index (χ1v) is 10.7. The predicted octanol–water partition coefficient (Wildman–Crippen LogP) is 6.48. The van der Waals surface area contributed by atoms with E-state index in [1.807, 2.05) is 0 Å². The second-order valence-corrected chi connectivity index (χ2v) is 8.55. The first-order valence-electron chi connectivity index (χ1n) is 9.07. The van der Waals surface area contributed by atoms with Crippen LogP contribution in [-0.4, -0.2) is 23.5 Å². The van der Waals surface area contributed by atoms with E-state index in [1.54, 1.807) is 30.3 Å². The predicted molar refractivity (Wildman–Crippen MR) is 115 cm³/mol. The largest absolute Gasteiger partial charge is 0.481 e. The van der Waals surface area contributed by atoms with Gasteiger partial charge in [-0.25, -0.2) is 4.79 Å². The van der Waals surface area contributed by atoms with Crippen LogP contribution in [0, 0.1) is 0 Å². The molecular formula is C22H16BrF3O4S. The summed E-state index contributed by atoms with van der Waals surface area (Å²) in [5, 5.41) is 8.67. The summed E-state index contributed by atoms with van der Waals surface area (Å²) >= 11 is 4.57. The van der Waals surface area contributed by atoms with Crippen molar-refractivity contribution in [3.8, 4) is 16.2 Å². The lowest BCUT2D eigenvalue weighted by atomic mass is 10.1. The molecule has 0 spiro atoms. The second kappa shape index (κ2) is 9.65. The lowest BCUT2D eigenvalue weighted by Gasteiger charge is -2.08. The monoisotopic (exact) mass is 512 g/mol. The van der Waals surface area contributed by atoms with E-state index in [0.29, 0.717) is 27.1 Å². The second-order valence-electron chi connectivity index (χ2n) is 6.61. The minimum absolute atomic E-state index is 0.0644. The standard InChI is InChI=1S/C22H16BrF3O4S/c23-16-11-13(2-8-18(16)30-12-21(28)29)1-7-17(27)20-10-9-19(31-20)14-3-5-15(6-4-14)22(24,25)26/h2-6,8-11H,1,7,12H2,(H,28,29). The van der Waals surface area contributed by atoms with Gasteiger partial charge in [-0.3, -0.25) is 4.79 Å². The Labute approximate surface area is 188 Å². The number of hydrogen-bond acceptors (Lipinski definition) is 4. The fraction of sp³-hybridized carbons (Fsp3) is 0.182. The van der Waals surface area contributed by atoms with Gasteiger partial charge < -0.3 is 9.84 Å².